The molecule has 3 aromatic rings. The van der Waals surface area contributed by atoms with Gasteiger partial charge in [-0.05, 0) is 67.5 Å². The number of thioether (sulfide) groups is 1. The molecule has 2 aromatic heterocycles. The van der Waals surface area contributed by atoms with Crippen LogP contribution in [0.1, 0.15) is 57.9 Å². The van der Waals surface area contributed by atoms with Crippen molar-refractivity contribution in [3.63, 3.8) is 0 Å². The zero-order valence-corrected chi connectivity index (χ0v) is 20.3. The van der Waals surface area contributed by atoms with Crippen molar-refractivity contribution < 1.29 is 9.59 Å². The molecule has 1 unspecified atom stereocenters. The molecule has 1 saturated carbocycles. The number of hydrogen-bond acceptors (Lipinski definition) is 5. The van der Waals surface area contributed by atoms with Gasteiger partial charge in [-0.15, -0.1) is 0 Å². The molecule has 176 valence electrons. The van der Waals surface area contributed by atoms with Crippen molar-refractivity contribution in [1.82, 2.24) is 20.1 Å². The van der Waals surface area contributed by atoms with Crippen LogP contribution in [0.5, 0.6) is 0 Å². The molecule has 0 radical (unpaired) electrons. The van der Waals surface area contributed by atoms with Gasteiger partial charge in [0.25, 0.3) is 5.91 Å². The topological polar surface area (TPSA) is 88.9 Å². The van der Waals surface area contributed by atoms with E-state index in [-0.39, 0.29) is 17.9 Å². The van der Waals surface area contributed by atoms with Gasteiger partial charge in [-0.25, -0.2) is 4.98 Å². The summed E-state index contributed by atoms with van der Waals surface area (Å²) in [7, 11) is 0. The van der Waals surface area contributed by atoms with Crippen molar-refractivity contribution in [2.45, 2.75) is 51.0 Å². The lowest BCUT2D eigenvalue weighted by Gasteiger charge is -2.23. The Kier molecular flexibility index (Phi) is 6.41. The van der Waals surface area contributed by atoms with Crippen LogP contribution in [0.2, 0.25) is 0 Å². The maximum atomic E-state index is 13.2. The number of anilines is 1. The van der Waals surface area contributed by atoms with E-state index in [0.29, 0.717) is 35.1 Å². The van der Waals surface area contributed by atoms with Gasteiger partial charge in [0.2, 0.25) is 5.91 Å². The van der Waals surface area contributed by atoms with Crippen molar-refractivity contribution in [2.75, 3.05) is 17.3 Å². The third-order valence-electron chi connectivity index (χ3n) is 6.39. The molecule has 1 aromatic carbocycles. The predicted octanol–water partition coefficient (Wildman–Crippen LogP) is 4.04. The Morgan fingerprint density at radius 2 is 2.12 bits per heavy atom. The highest BCUT2D eigenvalue weighted by molar-refractivity contribution is 7.99. The molecule has 2 N–H and O–H groups in total. The Bertz CT molecular complexity index is 1220. The normalized spacial score (nSPS) is 17.2. The average Bonchev–Trinajstić information content (AvgIpc) is 3.61. The molecule has 1 aliphatic carbocycles. The molecule has 5 rings (SSSR count). The number of aryl methyl sites for hydroxylation is 2. The number of hydrogen-bond donors (Lipinski definition) is 2. The first kappa shape index (κ1) is 22.7. The van der Waals surface area contributed by atoms with Crippen molar-refractivity contribution in [3.8, 4) is 5.82 Å². The van der Waals surface area contributed by atoms with Crippen LogP contribution in [0, 0.1) is 6.92 Å². The summed E-state index contributed by atoms with van der Waals surface area (Å²) in [5.74, 6) is 1.62. The maximum absolute atomic E-state index is 13.2. The van der Waals surface area contributed by atoms with Gasteiger partial charge in [0, 0.05) is 18.7 Å². The molecule has 1 fully saturated rings. The van der Waals surface area contributed by atoms with Crippen molar-refractivity contribution >= 4 is 29.4 Å². The molecule has 1 aliphatic heterocycles. The zero-order valence-electron chi connectivity index (χ0n) is 19.5. The van der Waals surface area contributed by atoms with E-state index < -0.39 is 0 Å². The van der Waals surface area contributed by atoms with E-state index in [4.69, 9.17) is 5.10 Å². The van der Waals surface area contributed by atoms with Crippen LogP contribution < -0.4 is 10.6 Å². The fraction of sp³-hybridized carbons (Fsp3) is 0.385. The van der Waals surface area contributed by atoms with Crippen molar-refractivity contribution in [1.29, 1.82) is 0 Å². The second-order valence-corrected chi connectivity index (χ2v) is 10.1. The lowest BCUT2D eigenvalue weighted by atomic mass is 9.95. The number of amides is 2. The highest BCUT2D eigenvalue weighted by Gasteiger charge is 2.33. The number of nitrogens with one attached hydrogen (secondary N) is 2. The Balaban J connectivity index is 1.38. The molecule has 0 spiro atoms. The van der Waals surface area contributed by atoms with Gasteiger partial charge in [-0.3, -0.25) is 9.59 Å². The third kappa shape index (κ3) is 4.87. The van der Waals surface area contributed by atoms with E-state index in [0.717, 1.165) is 24.3 Å². The molecule has 0 bridgehead atoms. The summed E-state index contributed by atoms with van der Waals surface area (Å²) in [6.07, 6.45) is 8.56. The quantitative estimate of drug-likeness (QED) is 0.513. The van der Waals surface area contributed by atoms with Crippen molar-refractivity contribution in [3.05, 3.63) is 70.5 Å². The van der Waals surface area contributed by atoms with E-state index in [1.165, 1.54) is 35.7 Å². The van der Waals surface area contributed by atoms with Crippen molar-refractivity contribution in [2.24, 2.45) is 0 Å². The summed E-state index contributed by atoms with van der Waals surface area (Å²) in [6, 6.07) is 12.6. The van der Waals surface area contributed by atoms with Gasteiger partial charge in [0.1, 0.15) is 5.56 Å². The lowest BCUT2D eigenvalue weighted by molar-refractivity contribution is -0.113. The largest absolute Gasteiger partial charge is 0.349 e. The minimum atomic E-state index is -0.198. The first-order chi connectivity index (χ1) is 16.5. The minimum Gasteiger partial charge on any atom is -0.349 e. The number of rotatable bonds is 8. The second kappa shape index (κ2) is 9.62. The van der Waals surface area contributed by atoms with Crippen LogP contribution in [-0.2, 0) is 17.6 Å². The SMILES string of the molecule is CSCC(=O)Nc1c2c(nn1-c1ccc(C)cn1)CC(CCc1cccc(C3CC3)c1)NC2=O. The Morgan fingerprint density at radius 3 is 2.85 bits per heavy atom. The molecular formula is C26H29N5O2S. The molecular weight excluding hydrogens is 446 g/mol. The zero-order chi connectivity index (χ0) is 23.7. The van der Waals surface area contributed by atoms with Gasteiger partial charge >= 0.3 is 0 Å². The Labute approximate surface area is 203 Å². The Morgan fingerprint density at radius 1 is 1.26 bits per heavy atom. The summed E-state index contributed by atoms with van der Waals surface area (Å²) in [4.78, 5) is 30.1. The van der Waals surface area contributed by atoms with E-state index >= 15 is 0 Å². The van der Waals surface area contributed by atoms with Crippen LogP contribution in [-0.4, -0.2) is 44.6 Å². The van der Waals surface area contributed by atoms with Crippen LogP contribution in [0.25, 0.3) is 5.82 Å². The number of nitrogens with zero attached hydrogens (tertiary/aromatic N) is 3. The van der Waals surface area contributed by atoms with Crippen LogP contribution >= 0.6 is 11.8 Å². The first-order valence-corrected chi connectivity index (χ1v) is 13.1. The first-order valence-electron chi connectivity index (χ1n) is 11.7. The van der Waals surface area contributed by atoms with Gasteiger partial charge in [0.05, 0.1) is 11.4 Å². The Hall–Kier alpha value is -3.13. The maximum Gasteiger partial charge on any atom is 0.257 e. The number of fused-ring (bicyclic) bond motifs is 1. The predicted molar refractivity (Wildman–Crippen MR) is 135 cm³/mol. The van der Waals surface area contributed by atoms with Crippen LogP contribution in [0.4, 0.5) is 5.82 Å². The fourth-order valence-corrected chi connectivity index (χ4v) is 4.82. The van der Waals surface area contributed by atoms with Gasteiger partial charge in [0.15, 0.2) is 11.6 Å². The van der Waals surface area contributed by atoms with E-state index in [1.54, 1.807) is 10.9 Å². The molecule has 7 nitrogen and oxygen atoms in total. The monoisotopic (exact) mass is 475 g/mol. The number of benzene rings is 1. The van der Waals surface area contributed by atoms with Gasteiger partial charge in [-0.1, -0.05) is 30.3 Å². The number of carbonyl (C=O) groups excluding carboxylic acids is 2. The summed E-state index contributed by atoms with van der Waals surface area (Å²) >= 11 is 1.43. The molecule has 3 heterocycles. The van der Waals surface area contributed by atoms with Crippen LogP contribution in [0.15, 0.2) is 42.6 Å². The lowest BCUT2D eigenvalue weighted by Crippen LogP contribution is -2.41. The summed E-state index contributed by atoms with van der Waals surface area (Å²) < 4.78 is 1.59. The second-order valence-electron chi connectivity index (χ2n) is 9.19. The summed E-state index contributed by atoms with van der Waals surface area (Å²) in [5.41, 5.74) is 4.90. The fourth-order valence-electron chi connectivity index (χ4n) is 4.49. The van der Waals surface area contributed by atoms with E-state index in [1.807, 2.05) is 25.3 Å². The molecule has 8 heteroatoms. The number of pyridine rings is 1. The van der Waals surface area contributed by atoms with Gasteiger partial charge in [-0.2, -0.15) is 21.5 Å². The summed E-state index contributed by atoms with van der Waals surface area (Å²) in [5, 5.41) is 10.8. The highest BCUT2D eigenvalue weighted by Crippen LogP contribution is 2.40. The third-order valence-corrected chi connectivity index (χ3v) is 6.94. The molecule has 2 amide bonds. The number of aromatic nitrogens is 3. The molecule has 2 aliphatic rings. The molecule has 0 saturated heterocycles. The van der Waals surface area contributed by atoms with E-state index in [9.17, 15) is 9.59 Å². The highest BCUT2D eigenvalue weighted by atomic mass is 32.2. The minimum absolute atomic E-state index is 0.00587. The smallest absolute Gasteiger partial charge is 0.257 e. The van der Waals surface area contributed by atoms with Gasteiger partial charge < -0.3 is 10.6 Å². The summed E-state index contributed by atoms with van der Waals surface area (Å²) in [6.45, 7) is 1.96. The number of carbonyl (C=O) groups is 2. The van der Waals surface area contributed by atoms with Crippen LogP contribution in [0.3, 0.4) is 0 Å². The molecule has 34 heavy (non-hydrogen) atoms. The standard InChI is InChI=1S/C26H29N5O2S/c1-16-6-11-22(27-14-16)31-25(29-23(32)15-34-2)24-21(30-31)13-20(28-26(24)33)10-7-17-4-3-5-19(12-17)18-8-9-18/h3-6,11-12,14,18,20H,7-10,13,15H2,1-2H3,(H,28,33)(H,29,32). The van der Waals surface area contributed by atoms with E-state index in [2.05, 4.69) is 39.9 Å². The average molecular weight is 476 g/mol. The molecule has 1 atom stereocenters.